The third-order valence-corrected chi connectivity index (χ3v) is 5.94. The van der Waals surface area contributed by atoms with E-state index in [0.29, 0.717) is 29.1 Å². The van der Waals surface area contributed by atoms with Crippen molar-refractivity contribution in [3.63, 3.8) is 0 Å². The first kappa shape index (κ1) is 14.3. The topological polar surface area (TPSA) is 32.3 Å². The van der Waals surface area contributed by atoms with Gasteiger partial charge in [-0.1, -0.05) is 42.0 Å². The number of halogens is 1. The largest absolute Gasteiger partial charge is 0.371 e. The Labute approximate surface area is 146 Å². The molecule has 1 aromatic heterocycles. The summed E-state index contributed by atoms with van der Waals surface area (Å²) in [4.78, 5) is 5.01. The van der Waals surface area contributed by atoms with Crippen molar-refractivity contribution in [1.29, 1.82) is 0 Å². The van der Waals surface area contributed by atoms with Crippen molar-refractivity contribution in [3.8, 4) is 0 Å². The Morgan fingerprint density at radius 3 is 2.58 bits per heavy atom. The smallest absolute Gasteiger partial charge is 0.152 e. The predicted octanol–water partition coefficient (Wildman–Crippen LogP) is 3.40. The molecule has 0 aliphatic carbocycles. The molecule has 0 amide bonds. The fourth-order valence-electron chi connectivity index (χ4n) is 4.76. The van der Waals surface area contributed by atoms with E-state index in [4.69, 9.17) is 11.6 Å². The van der Waals surface area contributed by atoms with Crippen LogP contribution in [0, 0.1) is 11.8 Å². The molecule has 0 saturated carbocycles. The van der Waals surface area contributed by atoms with Gasteiger partial charge in [0, 0.05) is 36.7 Å². The van der Waals surface area contributed by atoms with Crippen molar-refractivity contribution in [2.75, 3.05) is 22.9 Å². The summed E-state index contributed by atoms with van der Waals surface area (Å²) in [6.45, 7) is 2.23. The quantitative estimate of drug-likeness (QED) is 0.786. The van der Waals surface area contributed by atoms with Crippen LogP contribution in [-0.2, 0) is 0 Å². The molecule has 2 aromatic rings. The lowest BCUT2D eigenvalue weighted by molar-refractivity contribution is 0.450. The second-order valence-electron chi connectivity index (χ2n) is 6.91. The molecule has 4 heterocycles. The molecule has 5 rings (SSSR count). The number of fused-ring (bicyclic) bond motifs is 5. The molecular weight excluding hydrogens is 320 g/mol. The second-order valence-corrected chi connectivity index (χ2v) is 7.30. The maximum absolute atomic E-state index is 5.91. The highest BCUT2D eigenvalue weighted by molar-refractivity contribution is 6.29. The third-order valence-electron chi connectivity index (χ3n) is 5.74. The van der Waals surface area contributed by atoms with Crippen molar-refractivity contribution < 1.29 is 0 Å². The number of rotatable bonds is 2. The first-order chi connectivity index (χ1) is 11.8. The molecule has 0 N–H and O–H groups in total. The second kappa shape index (κ2) is 5.49. The molecule has 0 spiro atoms. The van der Waals surface area contributed by atoms with E-state index < -0.39 is 0 Å². The van der Waals surface area contributed by atoms with Crippen molar-refractivity contribution in [2.24, 2.45) is 11.8 Å². The van der Waals surface area contributed by atoms with Crippen LogP contribution in [0.2, 0.25) is 5.15 Å². The van der Waals surface area contributed by atoms with Crippen LogP contribution in [0.1, 0.15) is 6.42 Å². The molecular formula is C19H19ClN4. The maximum Gasteiger partial charge on any atom is 0.152 e. The molecule has 3 aliphatic heterocycles. The zero-order chi connectivity index (χ0) is 16.1. The van der Waals surface area contributed by atoms with Gasteiger partial charge in [-0.05, 0) is 30.7 Å². The van der Waals surface area contributed by atoms with Gasteiger partial charge in [0.1, 0.15) is 0 Å². The predicted molar refractivity (Wildman–Crippen MR) is 96.5 cm³/mol. The van der Waals surface area contributed by atoms with Crippen LogP contribution < -0.4 is 9.80 Å². The fourth-order valence-corrected chi connectivity index (χ4v) is 4.86. The zero-order valence-electron chi connectivity index (χ0n) is 13.3. The molecule has 2 saturated heterocycles. The first-order valence-electron chi connectivity index (χ1n) is 8.55. The SMILES string of the molecule is Clc1ccc(N2C3C=CCC2C2CN(c4ccccc4)CC23)nn1. The van der Waals surface area contributed by atoms with Gasteiger partial charge in [0.25, 0.3) is 0 Å². The van der Waals surface area contributed by atoms with Crippen LogP contribution in [0.15, 0.2) is 54.6 Å². The Hall–Kier alpha value is -2.07. The minimum atomic E-state index is 0.415. The van der Waals surface area contributed by atoms with E-state index >= 15 is 0 Å². The minimum Gasteiger partial charge on any atom is -0.371 e. The summed E-state index contributed by atoms with van der Waals surface area (Å²) in [7, 11) is 0. The van der Waals surface area contributed by atoms with Crippen molar-refractivity contribution in [2.45, 2.75) is 18.5 Å². The molecule has 4 atom stereocenters. The summed E-state index contributed by atoms with van der Waals surface area (Å²) < 4.78 is 0. The van der Waals surface area contributed by atoms with Crippen LogP contribution in [-0.4, -0.2) is 35.4 Å². The van der Waals surface area contributed by atoms with Gasteiger partial charge in [-0.25, -0.2) is 0 Å². The number of hydrogen-bond acceptors (Lipinski definition) is 4. The summed E-state index contributed by atoms with van der Waals surface area (Å²) >= 11 is 5.91. The molecule has 4 nitrogen and oxygen atoms in total. The number of hydrogen-bond donors (Lipinski definition) is 0. The van der Waals surface area contributed by atoms with Crippen LogP contribution in [0.3, 0.4) is 0 Å². The van der Waals surface area contributed by atoms with Gasteiger partial charge in [0.15, 0.2) is 11.0 Å². The molecule has 0 radical (unpaired) electrons. The molecule has 4 unspecified atom stereocenters. The van der Waals surface area contributed by atoms with Crippen LogP contribution in [0.4, 0.5) is 11.5 Å². The lowest BCUT2D eigenvalue weighted by atomic mass is 9.91. The Kier molecular flexibility index (Phi) is 3.27. The van der Waals surface area contributed by atoms with Gasteiger partial charge < -0.3 is 9.80 Å². The molecule has 24 heavy (non-hydrogen) atoms. The van der Waals surface area contributed by atoms with E-state index in [9.17, 15) is 0 Å². The van der Waals surface area contributed by atoms with Crippen molar-refractivity contribution in [1.82, 2.24) is 10.2 Å². The Balaban J connectivity index is 1.45. The maximum atomic E-state index is 5.91. The number of para-hydroxylation sites is 1. The normalized spacial score (nSPS) is 30.7. The highest BCUT2D eigenvalue weighted by Gasteiger charge is 2.53. The summed E-state index contributed by atoms with van der Waals surface area (Å²) in [6, 6.07) is 15.5. The minimum absolute atomic E-state index is 0.415. The third kappa shape index (κ3) is 2.13. The standard InChI is InChI=1S/C19H19ClN4/c20-18-9-10-19(22-21-18)24-16-7-4-8-17(24)15-12-23(11-14(15)16)13-5-2-1-3-6-13/h1-7,9-10,14-17H,8,11-12H2. The molecule has 122 valence electrons. The fraction of sp³-hybridized carbons (Fsp3) is 0.368. The lowest BCUT2D eigenvalue weighted by Crippen LogP contribution is -2.43. The molecule has 2 fully saturated rings. The van der Waals surface area contributed by atoms with Crippen LogP contribution in [0.25, 0.3) is 0 Å². The van der Waals surface area contributed by atoms with E-state index in [1.807, 2.05) is 12.1 Å². The van der Waals surface area contributed by atoms with Gasteiger partial charge in [-0.3, -0.25) is 0 Å². The summed E-state index contributed by atoms with van der Waals surface area (Å²) in [5, 5.41) is 8.84. The summed E-state index contributed by atoms with van der Waals surface area (Å²) in [6.07, 6.45) is 5.80. The average molecular weight is 339 g/mol. The lowest BCUT2D eigenvalue weighted by Gasteiger charge is -2.36. The molecule has 2 bridgehead atoms. The average Bonchev–Trinajstić information content (AvgIpc) is 3.13. The van der Waals surface area contributed by atoms with E-state index in [2.05, 4.69) is 62.5 Å². The summed E-state index contributed by atoms with van der Waals surface area (Å²) in [5.74, 6) is 2.27. The summed E-state index contributed by atoms with van der Waals surface area (Å²) in [5.41, 5.74) is 1.34. The highest BCUT2D eigenvalue weighted by Crippen LogP contribution is 2.47. The van der Waals surface area contributed by atoms with Crippen molar-refractivity contribution in [3.05, 3.63) is 59.8 Å². The van der Waals surface area contributed by atoms with E-state index in [-0.39, 0.29) is 0 Å². The Morgan fingerprint density at radius 2 is 1.79 bits per heavy atom. The van der Waals surface area contributed by atoms with Gasteiger partial charge in [0.2, 0.25) is 0 Å². The van der Waals surface area contributed by atoms with Crippen LogP contribution >= 0.6 is 11.6 Å². The van der Waals surface area contributed by atoms with E-state index in [1.165, 1.54) is 5.69 Å². The number of nitrogens with zero attached hydrogens (tertiary/aromatic N) is 4. The van der Waals surface area contributed by atoms with Gasteiger partial charge in [-0.15, -0.1) is 10.2 Å². The number of anilines is 2. The molecule has 1 aromatic carbocycles. The molecule has 5 heteroatoms. The Morgan fingerprint density at radius 1 is 0.958 bits per heavy atom. The van der Waals surface area contributed by atoms with Crippen molar-refractivity contribution >= 4 is 23.1 Å². The van der Waals surface area contributed by atoms with Gasteiger partial charge in [-0.2, -0.15) is 0 Å². The molecule has 3 aliphatic rings. The number of aromatic nitrogens is 2. The van der Waals surface area contributed by atoms with E-state index in [0.717, 1.165) is 25.3 Å². The Bertz CT molecular complexity index is 761. The van der Waals surface area contributed by atoms with Gasteiger partial charge in [0.05, 0.1) is 6.04 Å². The monoisotopic (exact) mass is 338 g/mol. The highest BCUT2D eigenvalue weighted by atomic mass is 35.5. The van der Waals surface area contributed by atoms with Gasteiger partial charge >= 0.3 is 0 Å². The number of benzene rings is 1. The zero-order valence-corrected chi connectivity index (χ0v) is 14.0. The first-order valence-corrected chi connectivity index (χ1v) is 8.93. The van der Waals surface area contributed by atoms with Crippen LogP contribution in [0.5, 0.6) is 0 Å². The van der Waals surface area contributed by atoms with E-state index in [1.54, 1.807) is 0 Å².